The van der Waals surface area contributed by atoms with E-state index in [0.717, 1.165) is 11.1 Å². The zero-order chi connectivity index (χ0) is 10.7. The fourth-order valence-corrected chi connectivity index (χ4v) is 1.38. The minimum absolute atomic E-state index is 0.281. The van der Waals surface area contributed by atoms with Gasteiger partial charge in [0.1, 0.15) is 5.82 Å². The first-order valence-electron chi connectivity index (χ1n) is 4.32. The van der Waals surface area contributed by atoms with Gasteiger partial charge < -0.3 is 5.11 Å². The first-order valence-corrected chi connectivity index (χ1v) is 5.11. The van der Waals surface area contributed by atoms with Gasteiger partial charge in [0.2, 0.25) is 0 Å². The van der Waals surface area contributed by atoms with Crippen molar-refractivity contribution in [2.24, 2.45) is 0 Å². The van der Waals surface area contributed by atoms with Crippen LogP contribution in [0.5, 0.6) is 0 Å². The maximum absolute atomic E-state index is 12.9. The number of benzene rings is 1. The highest BCUT2D eigenvalue weighted by molar-refractivity contribution is 9.10. The largest absolute Gasteiger partial charge is 0.389 e. The van der Waals surface area contributed by atoms with Crippen molar-refractivity contribution in [2.75, 3.05) is 0 Å². The quantitative estimate of drug-likeness (QED) is 0.863. The molecule has 76 valence electrons. The Morgan fingerprint density at radius 3 is 2.71 bits per heavy atom. The van der Waals surface area contributed by atoms with E-state index in [0.29, 0.717) is 4.47 Å². The number of hydrogen-bond donors (Lipinski definition) is 1. The lowest BCUT2D eigenvalue weighted by atomic mass is 10.1. The Morgan fingerprint density at radius 2 is 2.21 bits per heavy atom. The molecule has 0 aliphatic rings. The molecule has 14 heavy (non-hydrogen) atoms. The monoisotopic (exact) mass is 258 g/mol. The summed E-state index contributed by atoms with van der Waals surface area (Å²) in [7, 11) is 0. The third-order valence-corrected chi connectivity index (χ3v) is 2.60. The normalized spacial score (nSPS) is 14.2. The molecule has 1 rings (SSSR count). The summed E-state index contributed by atoms with van der Waals surface area (Å²) in [5.74, 6) is -0.281. The standard InChI is InChI=1S/C11H12BrFO/c1-7(8(2)14)5-9-3-4-11(13)10(12)6-9/h3-6,8,14H,1-2H3/b7-5+. The summed E-state index contributed by atoms with van der Waals surface area (Å²) in [5.41, 5.74) is 1.72. The highest BCUT2D eigenvalue weighted by atomic mass is 79.9. The van der Waals surface area contributed by atoms with Gasteiger partial charge in [0, 0.05) is 0 Å². The van der Waals surface area contributed by atoms with Crippen LogP contribution in [0.1, 0.15) is 19.4 Å². The molecule has 1 nitrogen and oxygen atoms in total. The predicted molar refractivity (Wildman–Crippen MR) is 59.4 cm³/mol. The first-order chi connectivity index (χ1) is 6.50. The Morgan fingerprint density at radius 1 is 1.57 bits per heavy atom. The molecule has 0 radical (unpaired) electrons. The molecule has 1 aromatic carbocycles. The van der Waals surface area contributed by atoms with Crippen molar-refractivity contribution in [3.05, 3.63) is 39.6 Å². The minimum atomic E-state index is -0.473. The minimum Gasteiger partial charge on any atom is -0.389 e. The van der Waals surface area contributed by atoms with Crippen LogP contribution in [0.3, 0.4) is 0 Å². The molecular formula is C11H12BrFO. The van der Waals surface area contributed by atoms with Gasteiger partial charge in [-0.05, 0) is 53.0 Å². The highest BCUT2D eigenvalue weighted by Gasteiger charge is 2.01. The van der Waals surface area contributed by atoms with E-state index in [1.807, 2.05) is 13.0 Å². The summed E-state index contributed by atoms with van der Waals surface area (Å²) >= 11 is 3.11. The van der Waals surface area contributed by atoms with Gasteiger partial charge in [-0.3, -0.25) is 0 Å². The third kappa shape index (κ3) is 2.93. The van der Waals surface area contributed by atoms with Gasteiger partial charge >= 0.3 is 0 Å². The molecule has 0 aliphatic heterocycles. The molecule has 0 amide bonds. The van der Waals surface area contributed by atoms with Crippen molar-refractivity contribution in [1.29, 1.82) is 0 Å². The van der Waals surface area contributed by atoms with Crippen LogP contribution in [0.4, 0.5) is 4.39 Å². The lowest BCUT2D eigenvalue weighted by molar-refractivity contribution is 0.232. The molecule has 1 atom stereocenters. The molecule has 0 aliphatic carbocycles. The van der Waals surface area contributed by atoms with Crippen LogP contribution in [-0.2, 0) is 0 Å². The maximum Gasteiger partial charge on any atom is 0.137 e. The summed E-state index contributed by atoms with van der Waals surface area (Å²) in [5, 5.41) is 9.25. The van der Waals surface area contributed by atoms with E-state index in [9.17, 15) is 9.50 Å². The van der Waals surface area contributed by atoms with E-state index in [4.69, 9.17) is 0 Å². The molecule has 1 aromatic rings. The molecule has 1 unspecified atom stereocenters. The second-order valence-corrected chi connectivity index (χ2v) is 4.09. The number of rotatable bonds is 2. The van der Waals surface area contributed by atoms with Crippen LogP contribution in [0.2, 0.25) is 0 Å². The smallest absolute Gasteiger partial charge is 0.137 e. The average Bonchev–Trinajstić information content (AvgIpc) is 2.11. The highest BCUT2D eigenvalue weighted by Crippen LogP contribution is 2.19. The number of aliphatic hydroxyl groups excluding tert-OH is 1. The zero-order valence-electron chi connectivity index (χ0n) is 8.09. The molecule has 0 aromatic heterocycles. The molecule has 0 saturated heterocycles. The molecule has 1 N–H and O–H groups in total. The molecule has 0 bridgehead atoms. The Hall–Kier alpha value is -0.670. The fraction of sp³-hybridized carbons (Fsp3) is 0.273. The zero-order valence-corrected chi connectivity index (χ0v) is 9.68. The van der Waals surface area contributed by atoms with E-state index < -0.39 is 6.10 Å². The van der Waals surface area contributed by atoms with Crippen LogP contribution in [0.15, 0.2) is 28.2 Å². The summed E-state index contributed by atoms with van der Waals surface area (Å²) in [4.78, 5) is 0. The summed E-state index contributed by atoms with van der Waals surface area (Å²) in [6, 6.07) is 4.75. The van der Waals surface area contributed by atoms with E-state index >= 15 is 0 Å². The summed E-state index contributed by atoms with van der Waals surface area (Å²) in [6.07, 6.45) is 1.35. The molecule has 3 heteroatoms. The van der Waals surface area contributed by atoms with Gasteiger partial charge in [0.15, 0.2) is 0 Å². The SMILES string of the molecule is C/C(=C\c1ccc(F)c(Br)c1)C(C)O. The molecule has 0 saturated carbocycles. The van der Waals surface area contributed by atoms with Crippen LogP contribution in [0.25, 0.3) is 6.08 Å². The van der Waals surface area contributed by atoms with Crippen molar-refractivity contribution in [3.8, 4) is 0 Å². The lowest BCUT2D eigenvalue weighted by Gasteiger charge is -2.04. The van der Waals surface area contributed by atoms with E-state index in [2.05, 4.69) is 15.9 Å². The Bertz CT molecular complexity index is 358. The second kappa shape index (κ2) is 4.71. The Labute approximate surface area is 91.4 Å². The van der Waals surface area contributed by atoms with Crippen LogP contribution < -0.4 is 0 Å². The van der Waals surface area contributed by atoms with E-state index in [1.54, 1.807) is 19.1 Å². The van der Waals surface area contributed by atoms with E-state index in [-0.39, 0.29) is 5.82 Å². The van der Waals surface area contributed by atoms with Gasteiger partial charge in [-0.2, -0.15) is 0 Å². The second-order valence-electron chi connectivity index (χ2n) is 3.24. The number of hydrogen-bond acceptors (Lipinski definition) is 1. The maximum atomic E-state index is 12.9. The summed E-state index contributed by atoms with van der Waals surface area (Å²) in [6.45, 7) is 3.53. The fourth-order valence-electron chi connectivity index (χ4n) is 0.986. The first kappa shape index (κ1) is 11.4. The van der Waals surface area contributed by atoms with Crippen molar-refractivity contribution in [3.63, 3.8) is 0 Å². The lowest BCUT2D eigenvalue weighted by Crippen LogP contribution is -2.00. The molecular weight excluding hydrogens is 247 g/mol. The van der Waals surface area contributed by atoms with Gasteiger partial charge in [-0.25, -0.2) is 4.39 Å². The van der Waals surface area contributed by atoms with Crippen molar-refractivity contribution in [1.82, 2.24) is 0 Å². The third-order valence-electron chi connectivity index (χ3n) is 2.00. The predicted octanol–water partition coefficient (Wildman–Crippen LogP) is 3.37. The van der Waals surface area contributed by atoms with Gasteiger partial charge in [-0.15, -0.1) is 0 Å². The number of halogens is 2. The molecule has 0 spiro atoms. The van der Waals surface area contributed by atoms with Crippen molar-refractivity contribution < 1.29 is 9.50 Å². The Balaban J connectivity index is 2.98. The van der Waals surface area contributed by atoms with Gasteiger partial charge in [0.25, 0.3) is 0 Å². The molecule has 0 fully saturated rings. The summed E-state index contributed by atoms with van der Waals surface area (Å²) < 4.78 is 13.3. The van der Waals surface area contributed by atoms with Crippen LogP contribution in [0, 0.1) is 5.82 Å². The number of aliphatic hydroxyl groups is 1. The van der Waals surface area contributed by atoms with Crippen LogP contribution in [-0.4, -0.2) is 11.2 Å². The van der Waals surface area contributed by atoms with Crippen molar-refractivity contribution >= 4 is 22.0 Å². The topological polar surface area (TPSA) is 20.2 Å². The van der Waals surface area contributed by atoms with Crippen LogP contribution >= 0.6 is 15.9 Å². The van der Waals surface area contributed by atoms with Crippen molar-refractivity contribution in [2.45, 2.75) is 20.0 Å². The average molecular weight is 259 g/mol. The van der Waals surface area contributed by atoms with E-state index in [1.165, 1.54) is 6.07 Å². The van der Waals surface area contributed by atoms with Gasteiger partial charge in [-0.1, -0.05) is 12.1 Å². The van der Waals surface area contributed by atoms with Gasteiger partial charge in [0.05, 0.1) is 10.6 Å². The Kier molecular flexibility index (Phi) is 3.84. The molecule has 0 heterocycles.